The van der Waals surface area contributed by atoms with Gasteiger partial charge in [0.25, 0.3) is 0 Å². The van der Waals surface area contributed by atoms with Gasteiger partial charge in [0.15, 0.2) is 0 Å². The Morgan fingerprint density at radius 3 is 2.77 bits per heavy atom. The van der Waals surface area contributed by atoms with Crippen LogP contribution in [0.2, 0.25) is 5.02 Å². The number of thioether (sulfide) groups is 1. The molecule has 0 radical (unpaired) electrons. The van der Waals surface area contributed by atoms with Crippen LogP contribution in [0, 0.1) is 0 Å². The van der Waals surface area contributed by atoms with E-state index >= 15 is 0 Å². The van der Waals surface area contributed by atoms with Crippen LogP contribution in [-0.4, -0.2) is 32.6 Å². The molecule has 1 aromatic heterocycles. The van der Waals surface area contributed by atoms with Gasteiger partial charge in [0.05, 0.1) is 12.3 Å². The molecule has 0 aliphatic heterocycles. The molecule has 112 valence electrons. The van der Waals surface area contributed by atoms with Gasteiger partial charge in [-0.25, -0.2) is 0 Å². The number of nitrogens with zero attached hydrogens (tertiary/aromatic N) is 4. The number of hydrogen-bond donors (Lipinski definition) is 0. The van der Waals surface area contributed by atoms with E-state index in [-0.39, 0.29) is 0 Å². The van der Waals surface area contributed by atoms with Gasteiger partial charge in [-0.3, -0.25) is 0 Å². The van der Waals surface area contributed by atoms with E-state index < -0.39 is 0 Å². The molecule has 1 heterocycles. The number of tetrazole rings is 1. The van der Waals surface area contributed by atoms with Gasteiger partial charge in [-0.15, -0.1) is 5.10 Å². The monoisotopic (exact) mass is 332 g/mol. The summed E-state index contributed by atoms with van der Waals surface area (Å²) in [6.07, 6.45) is 0. The van der Waals surface area contributed by atoms with Gasteiger partial charge in [-0.1, -0.05) is 47.6 Å². The normalized spacial score (nSPS) is 10.6. The van der Waals surface area contributed by atoms with E-state index in [0.717, 1.165) is 22.3 Å². The van der Waals surface area contributed by atoms with Crippen LogP contribution in [0.5, 0.6) is 5.75 Å². The van der Waals surface area contributed by atoms with Crippen molar-refractivity contribution < 1.29 is 4.74 Å². The molecule has 0 amide bonds. The summed E-state index contributed by atoms with van der Waals surface area (Å²) in [6.45, 7) is 0.548. The number of ether oxygens (including phenoxy) is 1. The quantitative estimate of drug-likeness (QED) is 0.511. The van der Waals surface area contributed by atoms with Gasteiger partial charge < -0.3 is 4.74 Å². The predicted molar refractivity (Wildman–Crippen MR) is 86.8 cm³/mol. The lowest BCUT2D eigenvalue weighted by Gasteiger charge is -2.06. The molecule has 5 nitrogen and oxygen atoms in total. The molecule has 0 atom stereocenters. The van der Waals surface area contributed by atoms with Gasteiger partial charge in [0, 0.05) is 10.8 Å². The highest BCUT2D eigenvalue weighted by atomic mass is 35.5. The highest BCUT2D eigenvalue weighted by Crippen LogP contribution is 2.20. The maximum absolute atomic E-state index is 5.91. The van der Waals surface area contributed by atoms with Crippen molar-refractivity contribution in [3.8, 4) is 11.4 Å². The maximum atomic E-state index is 5.91. The van der Waals surface area contributed by atoms with Crippen molar-refractivity contribution in [2.24, 2.45) is 0 Å². The summed E-state index contributed by atoms with van der Waals surface area (Å²) >= 11 is 7.45. The fourth-order valence-electron chi connectivity index (χ4n) is 1.85. The highest BCUT2D eigenvalue weighted by molar-refractivity contribution is 7.99. The van der Waals surface area contributed by atoms with Crippen LogP contribution in [0.3, 0.4) is 0 Å². The van der Waals surface area contributed by atoms with E-state index in [9.17, 15) is 0 Å². The van der Waals surface area contributed by atoms with E-state index in [1.165, 1.54) is 0 Å². The van der Waals surface area contributed by atoms with E-state index in [2.05, 4.69) is 15.5 Å². The van der Waals surface area contributed by atoms with Crippen LogP contribution in [0.1, 0.15) is 0 Å². The van der Waals surface area contributed by atoms with Crippen molar-refractivity contribution in [2.75, 3.05) is 12.4 Å². The first kappa shape index (κ1) is 14.9. The Morgan fingerprint density at radius 2 is 1.95 bits per heavy atom. The third-order valence-corrected chi connectivity index (χ3v) is 3.94. The number of hydrogen-bond acceptors (Lipinski definition) is 5. The lowest BCUT2D eigenvalue weighted by Crippen LogP contribution is -2.03. The zero-order valence-corrected chi connectivity index (χ0v) is 13.2. The zero-order chi connectivity index (χ0) is 15.2. The van der Waals surface area contributed by atoms with Crippen molar-refractivity contribution in [3.63, 3.8) is 0 Å². The third-order valence-electron chi connectivity index (χ3n) is 2.82. The summed E-state index contributed by atoms with van der Waals surface area (Å²) in [5, 5.41) is 13.2. The Bertz CT molecular complexity index is 735. The summed E-state index contributed by atoms with van der Waals surface area (Å²) < 4.78 is 7.36. The molecule has 0 unspecified atom stereocenters. The lowest BCUT2D eigenvalue weighted by molar-refractivity contribution is 0.344. The molecule has 3 aromatic rings. The number of halogens is 1. The maximum Gasteiger partial charge on any atom is 0.214 e. The van der Waals surface area contributed by atoms with Gasteiger partial charge in [0.1, 0.15) is 5.75 Å². The molecule has 0 bridgehead atoms. The number of aromatic nitrogens is 4. The average molecular weight is 333 g/mol. The van der Waals surface area contributed by atoms with Gasteiger partial charge in [-0.2, -0.15) is 4.68 Å². The minimum atomic E-state index is 0.548. The van der Waals surface area contributed by atoms with E-state index in [4.69, 9.17) is 16.3 Å². The van der Waals surface area contributed by atoms with Gasteiger partial charge in [-0.05, 0) is 40.8 Å². The first-order valence-electron chi connectivity index (χ1n) is 6.68. The Balaban J connectivity index is 1.56. The molecular weight excluding hydrogens is 320 g/mol. The standard InChI is InChI=1S/C15H13ClN4OS/c16-12-5-4-8-14(11-12)21-9-10-22-15-17-18-19-20(15)13-6-2-1-3-7-13/h1-8,11H,9-10H2. The summed E-state index contributed by atoms with van der Waals surface area (Å²) in [5.74, 6) is 1.50. The lowest BCUT2D eigenvalue weighted by atomic mass is 10.3. The molecule has 0 spiro atoms. The molecule has 0 aliphatic carbocycles. The molecule has 0 fully saturated rings. The molecular formula is C15H13ClN4OS. The Kier molecular flexibility index (Phi) is 4.92. The first-order valence-corrected chi connectivity index (χ1v) is 8.04. The second kappa shape index (κ2) is 7.29. The minimum absolute atomic E-state index is 0.548. The molecule has 0 saturated carbocycles. The summed E-state index contributed by atoms with van der Waals surface area (Å²) in [6, 6.07) is 17.1. The number of para-hydroxylation sites is 1. The summed E-state index contributed by atoms with van der Waals surface area (Å²) in [4.78, 5) is 0. The van der Waals surface area contributed by atoms with Crippen molar-refractivity contribution >= 4 is 23.4 Å². The topological polar surface area (TPSA) is 52.8 Å². The fraction of sp³-hybridized carbons (Fsp3) is 0.133. The van der Waals surface area contributed by atoms with Crippen molar-refractivity contribution in [1.82, 2.24) is 20.2 Å². The van der Waals surface area contributed by atoms with Crippen molar-refractivity contribution in [3.05, 3.63) is 59.6 Å². The summed E-state index contributed by atoms with van der Waals surface area (Å²) in [5.41, 5.74) is 0.936. The van der Waals surface area contributed by atoms with E-state index in [0.29, 0.717) is 11.6 Å². The summed E-state index contributed by atoms with van der Waals surface area (Å²) in [7, 11) is 0. The second-order valence-corrected chi connectivity index (χ2v) is 5.86. The molecule has 0 aliphatic rings. The Labute approximate surface area is 137 Å². The van der Waals surface area contributed by atoms with Gasteiger partial charge in [0.2, 0.25) is 5.16 Å². The number of benzene rings is 2. The minimum Gasteiger partial charge on any atom is -0.493 e. The third kappa shape index (κ3) is 3.78. The average Bonchev–Trinajstić information content (AvgIpc) is 3.01. The van der Waals surface area contributed by atoms with Crippen LogP contribution >= 0.6 is 23.4 Å². The smallest absolute Gasteiger partial charge is 0.214 e. The van der Waals surface area contributed by atoms with Crippen LogP contribution in [0.25, 0.3) is 5.69 Å². The molecule has 0 N–H and O–H groups in total. The number of rotatable bonds is 6. The van der Waals surface area contributed by atoms with Crippen molar-refractivity contribution in [2.45, 2.75) is 5.16 Å². The molecule has 0 saturated heterocycles. The Morgan fingerprint density at radius 1 is 1.09 bits per heavy atom. The first-order chi connectivity index (χ1) is 10.8. The largest absolute Gasteiger partial charge is 0.493 e. The fourth-order valence-corrected chi connectivity index (χ4v) is 2.74. The van der Waals surface area contributed by atoms with Crippen molar-refractivity contribution in [1.29, 1.82) is 0 Å². The SMILES string of the molecule is Clc1cccc(OCCSc2nnnn2-c2ccccc2)c1. The molecule has 2 aromatic carbocycles. The molecule has 7 heteroatoms. The zero-order valence-electron chi connectivity index (χ0n) is 11.6. The van der Waals surface area contributed by atoms with Gasteiger partial charge >= 0.3 is 0 Å². The Hall–Kier alpha value is -2.05. The molecule has 3 rings (SSSR count). The van der Waals surface area contributed by atoms with Crippen LogP contribution in [0.15, 0.2) is 59.8 Å². The predicted octanol–water partition coefficient (Wildman–Crippen LogP) is 3.49. The highest BCUT2D eigenvalue weighted by Gasteiger charge is 2.08. The van der Waals surface area contributed by atoms with E-state index in [1.807, 2.05) is 48.5 Å². The van der Waals surface area contributed by atoms with Crippen LogP contribution in [-0.2, 0) is 0 Å². The van der Waals surface area contributed by atoms with Crippen LogP contribution in [0.4, 0.5) is 0 Å². The molecule has 22 heavy (non-hydrogen) atoms. The van der Waals surface area contributed by atoms with E-state index in [1.54, 1.807) is 22.5 Å². The van der Waals surface area contributed by atoms with Crippen LogP contribution < -0.4 is 4.74 Å². The second-order valence-electron chi connectivity index (χ2n) is 4.36.